The van der Waals surface area contributed by atoms with Crippen molar-refractivity contribution in [1.29, 1.82) is 0 Å². The van der Waals surface area contributed by atoms with Gasteiger partial charge in [-0.3, -0.25) is 4.79 Å². The normalized spacial score (nSPS) is 30.8. The first-order chi connectivity index (χ1) is 13.3. The molecule has 5 atom stereocenters. The summed E-state index contributed by atoms with van der Waals surface area (Å²) in [7, 11) is 0. The predicted octanol–water partition coefficient (Wildman–Crippen LogP) is 2.15. The average Bonchev–Trinajstić information content (AvgIpc) is 3.18. The molecule has 0 saturated carbocycles. The number of fused-ring (bicyclic) bond motifs is 1. The molecule has 1 aromatic heterocycles. The van der Waals surface area contributed by atoms with Gasteiger partial charge in [0, 0.05) is 28.8 Å². The lowest BCUT2D eigenvalue weighted by atomic mass is 9.79. The molecule has 0 bridgehead atoms. The van der Waals surface area contributed by atoms with Crippen molar-refractivity contribution in [3.63, 3.8) is 0 Å². The van der Waals surface area contributed by atoms with Crippen molar-refractivity contribution in [2.24, 2.45) is 11.8 Å². The second kappa shape index (κ2) is 7.29. The molecule has 1 amide bonds. The molecule has 0 radical (unpaired) electrons. The Hall–Kier alpha value is -1.68. The van der Waals surface area contributed by atoms with Crippen LogP contribution in [0.25, 0.3) is 5.57 Å². The number of aliphatic carboxylic acids is 1. The summed E-state index contributed by atoms with van der Waals surface area (Å²) in [6, 6.07) is 0.106. The molecular formula is C19H23N3O4S2. The SMILES string of the molecule is C[C@@H]1CC(c2csc(SC3=C(C(=O)O)N4C(=O)[C@@H]([C@@H](C)O)[C@H]4[C@H]3C)n2)=CCN1. The van der Waals surface area contributed by atoms with Crippen LogP contribution in [0.15, 0.2) is 26.4 Å². The highest BCUT2D eigenvalue weighted by Gasteiger charge is 2.60. The number of aliphatic hydroxyl groups is 1. The number of amides is 1. The fourth-order valence-electron chi connectivity index (χ4n) is 4.28. The Labute approximate surface area is 171 Å². The van der Waals surface area contributed by atoms with E-state index in [1.165, 1.54) is 33.6 Å². The Kier molecular flexibility index (Phi) is 5.11. The summed E-state index contributed by atoms with van der Waals surface area (Å²) in [5.41, 5.74) is 2.18. The number of carboxylic acid groups (broad SMARTS) is 1. The third kappa shape index (κ3) is 3.10. The van der Waals surface area contributed by atoms with Crippen LogP contribution in [0.5, 0.6) is 0 Å². The van der Waals surface area contributed by atoms with E-state index in [-0.39, 0.29) is 23.6 Å². The van der Waals surface area contributed by atoms with Gasteiger partial charge in [-0.05, 0) is 25.8 Å². The Morgan fingerprint density at radius 1 is 1.46 bits per heavy atom. The molecule has 3 aliphatic heterocycles. The monoisotopic (exact) mass is 421 g/mol. The van der Waals surface area contributed by atoms with Gasteiger partial charge in [-0.15, -0.1) is 11.3 Å². The number of nitrogens with one attached hydrogen (secondary N) is 1. The van der Waals surface area contributed by atoms with Gasteiger partial charge >= 0.3 is 5.97 Å². The summed E-state index contributed by atoms with van der Waals surface area (Å²) in [5, 5.41) is 25.0. The quantitative estimate of drug-likeness (QED) is 0.626. The van der Waals surface area contributed by atoms with Crippen molar-refractivity contribution in [3.05, 3.63) is 27.8 Å². The van der Waals surface area contributed by atoms with E-state index in [4.69, 9.17) is 4.98 Å². The molecule has 4 rings (SSSR count). The lowest BCUT2D eigenvalue weighted by Gasteiger charge is -2.46. The highest BCUT2D eigenvalue weighted by atomic mass is 32.2. The molecular weight excluding hydrogens is 398 g/mol. The van der Waals surface area contributed by atoms with Gasteiger partial charge < -0.3 is 20.4 Å². The number of thiazole rings is 1. The van der Waals surface area contributed by atoms with Gasteiger partial charge in [-0.1, -0.05) is 24.8 Å². The van der Waals surface area contributed by atoms with Crippen LogP contribution in [0.1, 0.15) is 32.9 Å². The number of carbonyl (C=O) groups is 2. The molecule has 1 aromatic rings. The number of hydrogen-bond acceptors (Lipinski definition) is 7. The van der Waals surface area contributed by atoms with E-state index in [2.05, 4.69) is 18.3 Å². The van der Waals surface area contributed by atoms with Crippen LogP contribution in [-0.2, 0) is 9.59 Å². The highest BCUT2D eigenvalue weighted by molar-refractivity contribution is 8.04. The maximum atomic E-state index is 12.4. The molecule has 1 fully saturated rings. The zero-order valence-corrected chi connectivity index (χ0v) is 17.5. The largest absolute Gasteiger partial charge is 0.477 e. The van der Waals surface area contributed by atoms with Crippen molar-refractivity contribution in [3.8, 4) is 0 Å². The van der Waals surface area contributed by atoms with E-state index < -0.39 is 18.0 Å². The summed E-state index contributed by atoms with van der Waals surface area (Å²) in [5.74, 6) is -2.12. The van der Waals surface area contributed by atoms with E-state index >= 15 is 0 Å². The van der Waals surface area contributed by atoms with Crippen LogP contribution in [0.4, 0.5) is 0 Å². The minimum atomic E-state index is -1.11. The van der Waals surface area contributed by atoms with Crippen molar-refractivity contribution >= 4 is 40.5 Å². The molecule has 0 unspecified atom stereocenters. The molecule has 28 heavy (non-hydrogen) atoms. The molecule has 0 aromatic carbocycles. The van der Waals surface area contributed by atoms with Gasteiger partial charge in [-0.2, -0.15) is 0 Å². The summed E-state index contributed by atoms with van der Waals surface area (Å²) in [6.45, 7) is 6.46. The van der Waals surface area contributed by atoms with Crippen LogP contribution in [0, 0.1) is 11.8 Å². The van der Waals surface area contributed by atoms with Crippen LogP contribution >= 0.6 is 23.1 Å². The van der Waals surface area contributed by atoms with Crippen LogP contribution in [-0.4, -0.2) is 56.7 Å². The summed E-state index contributed by atoms with van der Waals surface area (Å²) in [4.78, 5) is 31.0. The predicted molar refractivity (Wildman–Crippen MR) is 108 cm³/mol. The fourth-order valence-corrected chi connectivity index (χ4v) is 6.39. The Morgan fingerprint density at radius 2 is 2.21 bits per heavy atom. The number of carboxylic acids is 1. The van der Waals surface area contributed by atoms with E-state index in [1.54, 1.807) is 6.92 Å². The van der Waals surface area contributed by atoms with Gasteiger partial charge in [-0.25, -0.2) is 9.78 Å². The number of β-lactam (4-membered cyclic amide) rings is 1. The Morgan fingerprint density at radius 3 is 2.86 bits per heavy atom. The molecule has 1 saturated heterocycles. The van der Waals surface area contributed by atoms with E-state index in [1.807, 2.05) is 12.3 Å². The third-order valence-electron chi connectivity index (χ3n) is 5.66. The number of nitrogens with zero attached hydrogens (tertiary/aromatic N) is 2. The summed E-state index contributed by atoms with van der Waals surface area (Å²) < 4.78 is 0.770. The lowest BCUT2D eigenvalue weighted by molar-refractivity contribution is -0.163. The second-order valence-electron chi connectivity index (χ2n) is 7.62. The lowest BCUT2D eigenvalue weighted by Crippen LogP contribution is -2.63. The van der Waals surface area contributed by atoms with Gasteiger partial charge in [0.25, 0.3) is 0 Å². The molecule has 3 aliphatic rings. The molecule has 3 N–H and O–H groups in total. The van der Waals surface area contributed by atoms with E-state index in [0.717, 1.165) is 23.0 Å². The fraction of sp³-hybridized carbons (Fsp3) is 0.526. The van der Waals surface area contributed by atoms with Crippen molar-refractivity contribution in [2.75, 3.05) is 6.54 Å². The number of carbonyl (C=O) groups excluding carboxylic acids is 1. The minimum Gasteiger partial charge on any atom is -0.477 e. The first-order valence-electron chi connectivity index (χ1n) is 9.34. The zero-order valence-electron chi connectivity index (χ0n) is 15.9. The number of aliphatic hydroxyl groups excluding tert-OH is 1. The number of aromatic nitrogens is 1. The van der Waals surface area contributed by atoms with Gasteiger partial charge in [0.05, 0.1) is 23.8 Å². The molecule has 9 heteroatoms. The molecule has 0 spiro atoms. The zero-order chi connectivity index (χ0) is 20.2. The highest BCUT2D eigenvalue weighted by Crippen LogP contribution is 2.52. The smallest absolute Gasteiger partial charge is 0.353 e. The van der Waals surface area contributed by atoms with E-state index in [9.17, 15) is 19.8 Å². The Bertz CT molecular complexity index is 891. The first-order valence-corrected chi connectivity index (χ1v) is 11.0. The van der Waals surface area contributed by atoms with Gasteiger partial charge in [0.1, 0.15) is 5.70 Å². The third-order valence-corrected chi connectivity index (χ3v) is 7.89. The maximum absolute atomic E-state index is 12.4. The molecule has 7 nitrogen and oxygen atoms in total. The van der Waals surface area contributed by atoms with Gasteiger partial charge in [0.2, 0.25) is 5.91 Å². The van der Waals surface area contributed by atoms with Crippen LogP contribution in [0.3, 0.4) is 0 Å². The van der Waals surface area contributed by atoms with E-state index in [0.29, 0.717) is 10.9 Å². The number of hydrogen-bond donors (Lipinski definition) is 3. The van der Waals surface area contributed by atoms with Crippen molar-refractivity contribution in [2.45, 2.75) is 49.7 Å². The standard InChI is InChI=1S/C19H23N3O4S2/c1-8-6-11(4-5-20-8)12-7-27-19(21-12)28-16-9(2)14-13(10(3)23)17(24)22(14)15(16)18(25)26/h4,7-10,13-14,20,23H,5-6H2,1-3H3,(H,25,26)/t8-,9-,10-,13+,14-/m1/s1. The van der Waals surface area contributed by atoms with Crippen molar-refractivity contribution < 1.29 is 19.8 Å². The molecule has 150 valence electrons. The van der Waals surface area contributed by atoms with Crippen LogP contribution in [0.2, 0.25) is 0 Å². The molecule has 4 heterocycles. The summed E-state index contributed by atoms with van der Waals surface area (Å²) >= 11 is 2.82. The Balaban J connectivity index is 1.60. The maximum Gasteiger partial charge on any atom is 0.353 e. The average molecular weight is 422 g/mol. The van der Waals surface area contributed by atoms with Crippen LogP contribution < -0.4 is 5.32 Å². The first kappa shape index (κ1) is 19.6. The second-order valence-corrected chi connectivity index (χ2v) is 9.76. The summed E-state index contributed by atoms with van der Waals surface area (Å²) in [6.07, 6.45) is 2.26. The minimum absolute atomic E-state index is 0.0378. The van der Waals surface area contributed by atoms with Crippen molar-refractivity contribution in [1.82, 2.24) is 15.2 Å². The topological polar surface area (TPSA) is 103 Å². The number of rotatable bonds is 5. The van der Waals surface area contributed by atoms with Gasteiger partial charge in [0.15, 0.2) is 4.34 Å². The number of thioether (sulfide) groups is 1. The molecule has 0 aliphatic carbocycles.